The summed E-state index contributed by atoms with van der Waals surface area (Å²) in [5.41, 5.74) is 3.60. The second kappa shape index (κ2) is 5.88. The fourth-order valence-electron chi connectivity index (χ4n) is 3.63. The van der Waals surface area contributed by atoms with Crippen molar-refractivity contribution in [3.8, 4) is 0 Å². The summed E-state index contributed by atoms with van der Waals surface area (Å²) < 4.78 is 0. The van der Waals surface area contributed by atoms with Crippen LogP contribution in [0.1, 0.15) is 29.5 Å². The van der Waals surface area contributed by atoms with Crippen LogP contribution in [-0.2, 0) is 23.2 Å². The predicted molar refractivity (Wildman–Crippen MR) is 94.6 cm³/mol. The molecule has 5 aliphatic rings. The first kappa shape index (κ1) is 15.1. The molecule has 2 aromatic rings. The number of rotatable bonds is 1. The molecule has 0 saturated heterocycles. The maximum Gasteiger partial charge on any atom is 0.181 e. The van der Waals surface area contributed by atoms with Crippen molar-refractivity contribution in [3.63, 3.8) is 0 Å². The monoisotopic (exact) mass is 316 g/mol. The number of carbonyl (C=O) groups is 1. The van der Waals surface area contributed by atoms with Gasteiger partial charge in [-0.3, -0.25) is 4.79 Å². The van der Waals surface area contributed by atoms with E-state index in [0.29, 0.717) is 18.4 Å². The molecule has 0 radical (unpaired) electrons. The van der Waals surface area contributed by atoms with Crippen LogP contribution in [0.15, 0.2) is 77.9 Å². The van der Waals surface area contributed by atoms with E-state index in [4.69, 9.17) is 0 Å². The Hall–Kier alpha value is -2.45. The molecule has 1 unspecified atom stereocenters. The molecular weight excluding hydrogens is 296 g/mol. The highest BCUT2D eigenvalue weighted by molar-refractivity contribution is 6.06. The summed E-state index contributed by atoms with van der Waals surface area (Å²) in [7, 11) is 0. The van der Waals surface area contributed by atoms with Crippen molar-refractivity contribution in [1.29, 1.82) is 0 Å². The van der Waals surface area contributed by atoms with E-state index in [1.54, 1.807) is 12.2 Å². The van der Waals surface area contributed by atoms with Crippen LogP contribution < -0.4 is 0 Å². The molecule has 0 saturated carbocycles. The normalized spacial score (nSPS) is 23.3. The van der Waals surface area contributed by atoms with Gasteiger partial charge in [-0.15, -0.1) is 0 Å². The van der Waals surface area contributed by atoms with Crippen LogP contribution in [0.3, 0.4) is 0 Å². The molecular formula is C22H20O2. The SMILES string of the molecule is O=C1C=C2CCc3ccc(cc3)CCC1=CC2(O)c1ccccc1. The van der Waals surface area contributed by atoms with E-state index in [1.807, 2.05) is 30.3 Å². The van der Waals surface area contributed by atoms with Gasteiger partial charge in [-0.1, -0.05) is 54.6 Å². The molecule has 0 amide bonds. The first-order valence-electron chi connectivity index (χ1n) is 8.48. The second-order valence-corrected chi connectivity index (χ2v) is 6.65. The summed E-state index contributed by atoms with van der Waals surface area (Å²) in [6, 6.07) is 18.3. The van der Waals surface area contributed by atoms with E-state index >= 15 is 0 Å². The summed E-state index contributed by atoms with van der Waals surface area (Å²) in [6.45, 7) is 0. The van der Waals surface area contributed by atoms with E-state index in [0.717, 1.165) is 24.0 Å². The Kier molecular flexibility index (Phi) is 3.70. The number of benzene rings is 2. The zero-order valence-corrected chi connectivity index (χ0v) is 13.5. The molecule has 1 atom stereocenters. The minimum absolute atomic E-state index is 0.0422. The number of aryl methyl sites for hydroxylation is 2. The molecule has 2 aromatic carbocycles. The Balaban J connectivity index is 1.82. The van der Waals surface area contributed by atoms with Gasteiger partial charge in [0.15, 0.2) is 5.78 Å². The lowest BCUT2D eigenvalue weighted by Crippen LogP contribution is -2.31. The van der Waals surface area contributed by atoms with Crippen LogP contribution in [0.4, 0.5) is 0 Å². The zero-order chi connectivity index (χ0) is 16.6. The molecule has 7 rings (SSSR count). The first-order valence-corrected chi connectivity index (χ1v) is 8.48. The van der Waals surface area contributed by atoms with E-state index < -0.39 is 5.60 Å². The smallest absolute Gasteiger partial charge is 0.181 e. The molecule has 0 aliphatic heterocycles. The van der Waals surface area contributed by atoms with Gasteiger partial charge in [-0.05, 0) is 65.7 Å². The predicted octanol–water partition coefficient (Wildman–Crippen LogP) is 3.89. The molecule has 2 nitrogen and oxygen atoms in total. The third-order valence-corrected chi connectivity index (χ3v) is 5.10. The second-order valence-electron chi connectivity index (χ2n) is 6.65. The van der Waals surface area contributed by atoms with E-state index in [2.05, 4.69) is 24.3 Å². The molecule has 4 bridgehead atoms. The average Bonchev–Trinajstić information content (AvgIpc) is 2.61. The number of aliphatic hydroxyl groups is 1. The van der Waals surface area contributed by atoms with E-state index in [-0.39, 0.29) is 5.78 Å². The molecule has 0 fully saturated rings. The van der Waals surface area contributed by atoms with Crippen LogP contribution in [0.25, 0.3) is 0 Å². The quantitative estimate of drug-likeness (QED) is 0.866. The van der Waals surface area contributed by atoms with Gasteiger partial charge in [0.25, 0.3) is 0 Å². The van der Waals surface area contributed by atoms with Crippen LogP contribution in [0.5, 0.6) is 0 Å². The van der Waals surface area contributed by atoms with Crippen LogP contribution in [0.2, 0.25) is 0 Å². The molecule has 1 N–H and O–H groups in total. The Morgan fingerprint density at radius 3 is 2.08 bits per heavy atom. The minimum atomic E-state index is -1.18. The minimum Gasteiger partial charge on any atom is -0.377 e. The maximum atomic E-state index is 12.5. The molecule has 0 spiro atoms. The van der Waals surface area contributed by atoms with Crippen molar-refractivity contribution in [2.75, 3.05) is 0 Å². The summed E-state index contributed by atoms with van der Waals surface area (Å²) in [6.07, 6.45) is 6.39. The third-order valence-electron chi connectivity index (χ3n) is 5.10. The average molecular weight is 316 g/mol. The number of hydrogen-bond acceptors (Lipinski definition) is 2. The maximum absolute atomic E-state index is 12.5. The standard InChI is InChI=1S/C22H20O2/c23-21-14-20-13-11-17-8-6-16(7-9-17)10-12-18(21)15-22(20,24)19-4-2-1-3-5-19/h1-9,14-15,24H,10-13H2. The van der Waals surface area contributed by atoms with Crippen LogP contribution in [-0.4, -0.2) is 10.9 Å². The van der Waals surface area contributed by atoms with Crippen LogP contribution >= 0.6 is 0 Å². The van der Waals surface area contributed by atoms with Crippen molar-refractivity contribution < 1.29 is 9.90 Å². The molecule has 2 heteroatoms. The summed E-state index contributed by atoms with van der Waals surface area (Å²) in [4.78, 5) is 12.5. The highest BCUT2D eigenvalue weighted by atomic mass is 16.3. The summed E-state index contributed by atoms with van der Waals surface area (Å²) >= 11 is 0. The number of hydrogen-bond donors (Lipinski definition) is 1. The van der Waals surface area contributed by atoms with Crippen molar-refractivity contribution in [2.45, 2.75) is 31.3 Å². The molecule has 24 heavy (non-hydrogen) atoms. The molecule has 0 heterocycles. The van der Waals surface area contributed by atoms with E-state index in [9.17, 15) is 9.90 Å². The fraction of sp³-hybridized carbons (Fsp3) is 0.227. The third kappa shape index (κ3) is 2.63. The van der Waals surface area contributed by atoms with Gasteiger partial charge in [-0.25, -0.2) is 0 Å². The van der Waals surface area contributed by atoms with Gasteiger partial charge >= 0.3 is 0 Å². The Labute approximate surface area is 142 Å². The van der Waals surface area contributed by atoms with Crippen molar-refractivity contribution in [2.24, 2.45) is 0 Å². The zero-order valence-electron chi connectivity index (χ0n) is 13.5. The Bertz CT molecular complexity index is 828. The van der Waals surface area contributed by atoms with Crippen molar-refractivity contribution in [3.05, 3.63) is 94.6 Å². The lowest BCUT2D eigenvalue weighted by atomic mass is 9.76. The molecule has 120 valence electrons. The van der Waals surface area contributed by atoms with Gasteiger partial charge in [0, 0.05) is 0 Å². The Morgan fingerprint density at radius 1 is 0.792 bits per heavy atom. The van der Waals surface area contributed by atoms with Gasteiger partial charge in [0.1, 0.15) is 5.60 Å². The highest BCUT2D eigenvalue weighted by Gasteiger charge is 2.36. The van der Waals surface area contributed by atoms with Crippen molar-refractivity contribution >= 4 is 5.78 Å². The van der Waals surface area contributed by atoms with Crippen LogP contribution in [0, 0.1) is 0 Å². The number of ketones is 1. The summed E-state index contributed by atoms with van der Waals surface area (Å²) in [5, 5.41) is 11.5. The molecule has 5 aliphatic carbocycles. The topological polar surface area (TPSA) is 37.3 Å². The highest BCUT2D eigenvalue weighted by Crippen LogP contribution is 2.39. The molecule has 0 aromatic heterocycles. The van der Waals surface area contributed by atoms with Gasteiger partial charge in [0.2, 0.25) is 0 Å². The summed E-state index contributed by atoms with van der Waals surface area (Å²) in [5.74, 6) is 0.0422. The largest absolute Gasteiger partial charge is 0.377 e. The fourth-order valence-corrected chi connectivity index (χ4v) is 3.63. The number of carbonyl (C=O) groups excluding carboxylic acids is 1. The van der Waals surface area contributed by atoms with E-state index in [1.165, 1.54) is 11.1 Å². The van der Waals surface area contributed by atoms with Gasteiger partial charge in [0.05, 0.1) is 0 Å². The first-order chi connectivity index (χ1) is 11.6. The Morgan fingerprint density at radius 2 is 1.42 bits per heavy atom. The van der Waals surface area contributed by atoms with Gasteiger partial charge < -0.3 is 5.11 Å². The lowest BCUT2D eigenvalue weighted by Gasteiger charge is -2.33. The lowest BCUT2D eigenvalue weighted by molar-refractivity contribution is -0.112. The van der Waals surface area contributed by atoms with Gasteiger partial charge in [-0.2, -0.15) is 0 Å². The van der Waals surface area contributed by atoms with Crippen molar-refractivity contribution in [1.82, 2.24) is 0 Å². The number of allylic oxidation sites excluding steroid dienone is 2.